The van der Waals surface area contributed by atoms with E-state index in [1.54, 1.807) is 7.11 Å². The number of methoxy groups -OCH3 is 1. The van der Waals surface area contributed by atoms with Gasteiger partial charge in [0.25, 0.3) is 5.56 Å². The van der Waals surface area contributed by atoms with E-state index in [0.717, 1.165) is 22.7 Å². The number of hydrogen-bond acceptors (Lipinski definition) is 6. The second-order valence-electron chi connectivity index (χ2n) is 6.04. The van der Waals surface area contributed by atoms with Gasteiger partial charge < -0.3 is 15.0 Å². The van der Waals surface area contributed by atoms with Crippen LogP contribution in [0, 0.1) is 0 Å². The Hall–Kier alpha value is -3.35. The Morgan fingerprint density at radius 1 is 1.04 bits per heavy atom. The summed E-state index contributed by atoms with van der Waals surface area (Å²) in [5.41, 5.74) is 2.98. The summed E-state index contributed by atoms with van der Waals surface area (Å²) in [4.78, 5) is 17.0. The van der Waals surface area contributed by atoms with E-state index >= 15 is 0 Å². The molecule has 134 valence electrons. The second kappa shape index (κ2) is 7.69. The Labute approximate surface area is 151 Å². The summed E-state index contributed by atoms with van der Waals surface area (Å²) in [6.07, 6.45) is 0.407. The average molecular weight is 351 g/mol. The molecular weight excluding hydrogens is 330 g/mol. The van der Waals surface area contributed by atoms with E-state index in [4.69, 9.17) is 4.74 Å². The summed E-state index contributed by atoms with van der Waals surface area (Å²) in [6, 6.07) is 15.3. The predicted octanol–water partition coefficient (Wildman–Crippen LogP) is 2.57. The number of ether oxygens (including phenoxy) is 1. The van der Waals surface area contributed by atoms with Crippen LogP contribution < -0.4 is 20.5 Å². The minimum atomic E-state index is -0.261. The molecule has 0 unspecified atom stereocenters. The highest BCUT2D eigenvalue weighted by Gasteiger charge is 2.07. The van der Waals surface area contributed by atoms with Crippen LogP contribution in [0.3, 0.4) is 0 Å². The smallest absolute Gasteiger partial charge is 0.274 e. The number of H-pyrrole nitrogens is 1. The molecule has 26 heavy (non-hydrogen) atoms. The van der Waals surface area contributed by atoms with Crippen LogP contribution in [-0.2, 0) is 6.42 Å². The van der Waals surface area contributed by atoms with Crippen LogP contribution in [-0.4, -0.2) is 36.4 Å². The van der Waals surface area contributed by atoms with Gasteiger partial charge in [0.1, 0.15) is 11.4 Å². The molecule has 1 aromatic heterocycles. The summed E-state index contributed by atoms with van der Waals surface area (Å²) in [5.74, 6) is 1.08. The lowest BCUT2D eigenvalue weighted by Crippen LogP contribution is -2.18. The summed E-state index contributed by atoms with van der Waals surface area (Å²) < 4.78 is 5.13. The summed E-state index contributed by atoms with van der Waals surface area (Å²) in [6.45, 7) is 0. The van der Waals surface area contributed by atoms with Crippen molar-refractivity contribution in [2.24, 2.45) is 0 Å². The molecule has 7 heteroatoms. The first-order valence-electron chi connectivity index (χ1n) is 8.18. The molecule has 0 atom stereocenters. The number of anilines is 3. The van der Waals surface area contributed by atoms with E-state index in [-0.39, 0.29) is 5.56 Å². The van der Waals surface area contributed by atoms with E-state index in [0.29, 0.717) is 18.1 Å². The van der Waals surface area contributed by atoms with Crippen molar-refractivity contribution >= 4 is 17.3 Å². The third kappa shape index (κ3) is 4.18. The first-order chi connectivity index (χ1) is 12.5. The zero-order chi connectivity index (χ0) is 18.5. The number of benzene rings is 2. The fraction of sp³-hybridized carbons (Fsp3) is 0.211. The minimum absolute atomic E-state index is 0.261. The van der Waals surface area contributed by atoms with Crippen molar-refractivity contribution in [1.29, 1.82) is 0 Å². The van der Waals surface area contributed by atoms with Crippen molar-refractivity contribution in [2.45, 2.75) is 6.42 Å². The van der Waals surface area contributed by atoms with Crippen LogP contribution >= 0.6 is 0 Å². The molecule has 3 aromatic rings. The number of aromatic amines is 1. The standard InChI is InChI=1S/C19H21N5O2/c1-24(2)15-8-6-14(7-9-15)20-19-21-18(25)17(22-23-19)12-13-4-10-16(26-3)11-5-13/h4-11H,12H2,1-3H3,(H2,20,21,23,25). The molecule has 0 aliphatic heterocycles. The van der Waals surface area contributed by atoms with Gasteiger partial charge in [-0.3, -0.25) is 9.78 Å². The maximum Gasteiger partial charge on any atom is 0.274 e. The van der Waals surface area contributed by atoms with E-state index in [9.17, 15) is 4.79 Å². The fourth-order valence-corrected chi connectivity index (χ4v) is 2.45. The van der Waals surface area contributed by atoms with Crippen LogP contribution in [0.25, 0.3) is 0 Å². The Morgan fingerprint density at radius 2 is 1.73 bits per heavy atom. The zero-order valence-electron chi connectivity index (χ0n) is 15.0. The third-order valence-corrected chi connectivity index (χ3v) is 3.94. The molecule has 0 radical (unpaired) electrons. The maximum absolute atomic E-state index is 12.3. The number of nitrogens with one attached hydrogen (secondary N) is 2. The van der Waals surface area contributed by atoms with Crippen LogP contribution in [0.1, 0.15) is 11.3 Å². The minimum Gasteiger partial charge on any atom is -0.497 e. The molecule has 0 saturated carbocycles. The van der Waals surface area contributed by atoms with Crippen molar-refractivity contribution in [2.75, 3.05) is 31.4 Å². The third-order valence-electron chi connectivity index (χ3n) is 3.94. The van der Waals surface area contributed by atoms with Gasteiger partial charge in [0, 0.05) is 31.9 Å². The largest absolute Gasteiger partial charge is 0.497 e. The van der Waals surface area contributed by atoms with Crippen LogP contribution in [0.2, 0.25) is 0 Å². The van der Waals surface area contributed by atoms with Gasteiger partial charge in [0.05, 0.1) is 7.11 Å². The Bertz CT molecular complexity index is 918. The Morgan fingerprint density at radius 3 is 2.31 bits per heavy atom. The van der Waals surface area contributed by atoms with Gasteiger partial charge in [-0.05, 0) is 42.0 Å². The van der Waals surface area contributed by atoms with Crippen LogP contribution in [0.15, 0.2) is 53.3 Å². The number of hydrogen-bond donors (Lipinski definition) is 2. The topological polar surface area (TPSA) is 83.1 Å². The monoisotopic (exact) mass is 351 g/mol. The molecule has 2 aromatic carbocycles. The van der Waals surface area contributed by atoms with Gasteiger partial charge >= 0.3 is 0 Å². The van der Waals surface area contributed by atoms with E-state index in [1.807, 2.05) is 67.5 Å². The molecule has 7 nitrogen and oxygen atoms in total. The average Bonchev–Trinajstić information content (AvgIpc) is 2.65. The van der Waals surface area contributed by atoms with Gasteiger partial charge in [0.15, 0.2) is 0 Å². The lowest BCUT2D eigenvalue weighted by Gasteiger charge is -2.13. The maximum atomic E-state index is 12.3. The number of nitrogens with zero attached hydrogens (tertiary/aromatic N) is 3. The molecule has 0 fully saturated rings. The molecule has 0 bridgehead atoms. The molecular formula is C19H21N5O2. The summed E-state index contributed by atoms with van der Waals surface area (Å²) in [7, 11) is 5.57. The lowest BCUT2D eigenvalue weighted by molar-refractivity contribution is 0.414. The van der Waals surface area contributed by atoms with Crippen molar-refractivity contribution in [3.8, 4) is 5.75 Å². The Balaban J connectivity index is 1.71. The van der Waals surface area contributed by atoms with E-state index in [1.165, 1.54) is 0 Å². The van der Waals surface area contributed by atoms with E-state index < -0.39 is 0 Å². The second-order valence-corrected chi connectivity index (χ2v) is 6.04. The highest BCUT2D eigenvalue weighted by molar-refractivity contribution is 5.58. The SMILES string of the molecule is COc1ccc(Cc2nnc(Nc3ccc(N(C)C)cc3)[nH]c2=O)cc1. The highest BCUT2D eigenvalue weighted by Crippen LogP contribution is 2.17. The normalized spacial score (nSPS) is 10.4. The predicted molar refractivity (Wildman–Crippen MR) is 103 cm³/mol. The van der Waals surface area contributed by atoms with Crippen LogP contribution in [0.5, 0.6) is 5.75 Å². The van der Waals surface area contributed by atoms with Gasteiger partial charge in [-0.25, -0.2) is 0 Å². The van der Waals surface area contributed by atoms with Crippen LogP contribution in [0.4, 0.5) is 17.3 Å². The highest BCUT2D eigenvalue weighted by atomic mass is 16.5. The van der Waals surface area contributed by atoms with Crippen molar-refractivity contribution in [3.63, 3.8) is 0 Å². The summed E-state index contributed by atoms with van der Waals surface area (Å²) in [5, 5.41) is 11.2. The van der Waals surface area contributed by atoms with Gasteiger partial charge in [-0.2, -0.15) is 0 Å². The molecule has 0 aliphatic carbocycles. The van der Waals surface area contributed by atoms with Gasteiger partial charge in [-0.15, -0.1) is 10.2 Å². The van der Waals surface area contributed by atoms with Crippen molar-refractivity contribution in [1.82, 2.24) is 15.2 Å². The van der Waals surface area contributed by atoms with Crippen molar-refractivity contribution < 1.29 is 4.74 Å². The fourth-order valence-electron chi connectivity index (χ4n) is 2.45. The Kier molecular flexibility index (Phi) is 5.17. The zero-order valence-corrected chi connectivity index (χ0v) is 15.0. The quantitative estimate of drug-likeness (QED) is 0.710. The number of aromatic nitrogens is 3. The molecule has 1 heterocycles. The summed E-state index contributed by atoms with van der Waals surface area (Å²) >= 11 is 0. The van der Waals surface area contributed by atoms with Gasteiger partial charge in [-0.1, -0.05) is 12.1 Å². The molecule has 0 aliphatic rings. The number of rotatable bonds is 6. The molecule has 0 spiro atoms. The molecule has 0 saturated heterocycles. The van der Waals surface area contributed by atoms with E-state index in [2.05, 4.69) is 20.5 Å². The van der Waals surface area contributed by atoms with Gasteiger partial charge in [0.2, 0.25) is 5.95 Å². The lowest BCUT2D eigenvalue weighted by atomic mass is 10.1. The first-order valence-corrected chi connectivity index (χ1v) is 8.18. The van der Waals surface area contributed by atoms with Crippen molar-refractivity contribution in [3.05, 3.63) is 70.1 Å². The molecule has 3 rings (SSSR count). The first kappa shape index (κ1) is 17.5. The molecule has 0 amide bonds. The molecule has 2 N–H and O–H groups in total.